The summed E-state index contributed by atoms with van der Waals surface area (Å²) in [5, 5.41) is 0. The van der Waals surface area contributed by atoms with E-state index in [1.807, 2.05) is 0 Å². The molecule has 70 valence electrons. The van der Waals surface area contributed by atoms with Crippen LogP contribution in [-0.2, 0) is 0 Å². The third-order valence-electron chi connectivity index (χ3n) is 2.11. The topological polar surface area (TPSA) is 6.48 Å². The quantitative estimate of drug-likeness (QED) is 0.632. The van der Waals surface area contributed by atoms with Crippen LogP contribution in [-0.4, -0.2) is 36.1 Å². The standard InChI is InChI=1S/C10H20N2/c1-3-6-11-8-5-9-12(10-11)7-4-2/h5,8H,3-4,6-7,9-10H2,1-2H3. The van der Waals surface area contributed by atoms with Crippen LogP contribution in [0.5, 0.6) is 0 Å². The van der Waals surface area contributed by atoms with Crippen molar-refractivity contribution < 1.29 is 0 Å². The second-order valence-electron chi connectivity index (χ2n) is 3.42. The third-order valence-corrected chi connectivity index (χ3v) is 2.11. The molecule has 2 nitrogen and oxygen atoms in total. The predicted octanol–water partition coefficient (Wildman–Crippen LogP) is 1.90. The van der Waals surface area contributed by atoms with Crippen LogP contribution in [0.1, 0.15) is 26.7 Å². The molecule has 1 rings (SSSR count). The Morgan fingerprint density at radius 1 is 1.17 bits per heavy atom. The Bertz CT molecular complexity index is 143. The summed E-state index contributed by atoms with van der Waals surface area (Å²) in [6.07, 6.45) is 6.99. The van der Waals surface area contributed by atoms with Gasteiger partial charge in [0.05, 0.1) is 6.67 Å². The molecule has 0 fully saturated rings. The van der Waals surface area contributed by atoms with Crippen LogP contribution < -0.4 is 0 Å². The van der Waals surface area contributed by atoms with Crippen molar-refractivity contribution in [1.29, 1.82) is 0 Å². The lowest BCUT2D eigenvalue weighted by molar-refractivity contribution is 0.169. The van der Waals surface area contributed by atoms with Crippen molar-refractivity contribution in [2.75, 3.05) is 26.3 Å². The molecule has 0 aromatic heterocycles. The van der Waals surface area contributed by atoms with Crippen LogP contribution >= 0.6 is 0 Å². The fourth-order valence-corrected chi connectivity index (χ4v) is 1.62. The van der Waals surface area contributed by atoms with E-state index in [1.165, 1.54) is 25.9 Å². The van der Waals surface area contributed by atoms with E-state index < -0.39 is 0 Å². The third kappa shape index (κ3) is 2.86. The van der Waals surface area contributed by atoms with Crippen molar-refractivity contribution in [2.45, 2.75) is 26.7 Å². The molecule has 0 aromatic carbocycles. The van der Waals surface area contributed by atoms with Gasteiger partial charge in [-0.1, -0.05) is 19.9 Å². The van der Waals surface area contributed by atoms with Gasteiger partial charge < -0.3 is 4.90 Å². The van der Waals surface area contributed by atoms with Gasteiger partial charge in [0.15, 0.2) is 0 Å². The first-order valence-electron chi connectivity index (χ1n) is 5.00. The maximum Gasteiger partial charge on any atom is 0.0704 e. The normalized spacial score (nSPS) is 18.7. The highest BCUT2D eigenvalue weighted by molar-refractivity contribution is 4.89. The average Bonchev–Trinajstić information content (AvgIpc) is 2.06. The number of hydrogen-bond acceptors (Lipinski definition) is 2. The molecule has 2 heteroatoms. The molecule has 0 atom stereocenters. The maximum atomic E-state index is 2.48. The van der Waals surface area contributed by atoms with Gasteiger partial charge in [0.25, 0.3) is 0 Å². The lowest BCUT2D eigenvalue weighted by atomic mass is 10.3. The van der Waals surface area contributed by atoms with Crippen molar-refractivity contribution in [3.8, 4) is 0 Å². The van der Waals surface area contributed by atoms with Crippen molar-refractivity contribution in [3.05, 3.63) is 12.3 Å². The Morgan fingerprint density at radius 3 is 2.58 bits per heavy atom. The molecule has 0 N–H and O–H groups in total. The van der Waals surface area contributed by atoms with E-state index in [0.717, 1.165) is 13.2 Å². The van der Waals surface area contributed by atoms with Gasteiger partial charge in [-0.2, -0.15) is 0 Å². The van der Waals surface area contributed by atoms with E-state index in [2.05, 4.69) is 35.9 Å². The molecule has 0 aromatic rings. The van der Waals surface area contributed by atoms with Gasteiger partial charge in [-0.05, 0) is 25.6 Å². The first-order valence-corrected chi connectivity index (χ1v) is 5.00. The smallest absolute Gasteiger partial charge is 0.0704 e. The molecule has 0 radical (unpaired) electrons. The summed E-state index contributed by atoms with van der Waals surface area (Å²) in [5.41, 5.74) is 0. The Kier molecular flexibility index (Phi) is 4.15. The molecule has 0 amide bonds. The molecule has 0 bridgehead atoms. The molecule has 12 heavy (non-hydrogen) atoms. The summed E-state index contributed by atoms with van der Waals surface area (Å²) in [6, 6.07) is 0. The highest BCUT2D eigenvalue weighted by Crippen LogP contribution is 2.04. The number of nitrogens with zero attached hydrogens (tertiary/aromatic N) is 2. The van der Waals surface area contributed by atoms with Crippen LogP contribution in [0.15, 0.2) is 12.3 Å². The highest BCUT2D eigenvalue weighted by Gasteiger charge is 2.09. The van der Waals surface area contributed by atoms with Gasteiger partial charge in [-0.3, -0.25) is 4.90 Å². The van der Waals surface area contributed by atoms with E-state index in [9.17, 15) is 0 Å². The predicted molar refractivity (Wildman–Crippen MR) is 52.9 cm³/mol. The molecular weight excluding hydrogens is 148 g/mol. The molecule has 0 unspecified atom stereocenters. The van der Waals surface area contributed by atoms with Crippen LogP contribution in [0.3, 0.4) is 0 Å². The van der Waals surface area contributed by atoms with Gasteiger partial charge in [0, 0.05) is 13.1 Å². The molecule has 0 saturated carbocycles. The summed E-state index contributed by atoms with van der Waals surface area (Å²) in [5.74, 6) is 0. The van der Waals surface area contributed by atoms with Gasteiger partial charge >= 0.3 is 0 Å². The number of rotatable bonds is 4. The van der Waals surface area contributed by atoms with Crippen molar-refractivity contribution in [3.63, 3.8) is 0 Å². The summed E-state index contributed by atoms with van der Waals surface area (Å²) in [6.45, 7) is 9.14. The van der Waals surface area contributed by atoms with Crippen LogP contribution in [0, 0.1) is 0 Å². The summed E-state index contributed by atoms with van der Waals surface area (Å²) < 4.78 is 0. The van der Waals surface area contributed by atoms with E-state index in [1.54, 1.807) is 0 Å². The van der Waals surface area contributed by atoms with Crippen LogP contribution in [0.25, 0.3) is 0 Å². The summed E-state index contributed by atoms with van der Waals surface area (Å²) in [4.78, 5) is 4.87. The largest absolute Gasteiger partial charge is 0.365 e. The minimum Gasteiger partial charge on any atom is -0.365 e. The minimum absolute atomic E-state index is 1.12. The minimum atomic E-state index is 1.12. The van der Waals surface area contributed by atoms with Gasteiger partial charge in [-0.15, -0.1) is 0 Å². The molecule has 0 spiro atoms. The van der Waals surface area contributed by atoms with Gasteiger partial charge in [-0.25, -0.2) is 0 Å². The Morgan fingerprint density at radius 2 is 1.92 bits per heavy atom. The van der Waals surface area contributed by atoms with Crippen molar-refractivity contribution in [2.24, 2.45) is 0 Å². The van der Waals surface area contributed by atoms with Crippen molar-refractivity contribution >= 4 is 0 Å². The Labute approximate surface area is 75.8 Å². The Hall–Kier alpha value is -0.500. The zero-order valence-corrected chi connectivity index (χ0v) is 8.29. The molecule has 0 aliphatic carbocycles. The first kappa shape index (κ1) is 9.59. The fraction of sp³-hybridized carbons (Fsp3) is 0.800. The molecular formula is C10H20N2. The van der Waals surface area contributed by atoms with E-state index in [4.69, 9.17) is 0 Å². The molecule has 1 aliphatic rings. The van der Waals surface area contributed by atoms with Crippen LogP contribution in [0.2, 0.25) is 0 Å². The number of hydrogen-bond donors (Lipinski definition) is 0. The molecule has 0 saturated heterocycles. The van der Waals surface area contributed by atoms with Crippen LogP contribution in [0.4, 0.5) is 0 Å². The second kappa shape index (κ2) is 5.20. The van der Waals surface area contributed by atoms with E-state index in [-0.39, 0.29) is 0 Å². The zero-order valence-electron chi connectivity index (χ0n) is 8.29. The first-order chi connectivity index (χ1) is 5.86. The van der Waals surface area contributed by atoms with Gasteiger partial charge in [0.2, 0.25) is 0 Å². The molecule has 1 aliphatic heterocycles. The lowest BCUT2D eigenvalue weighted by Crippen LogP contribution is -2.39. The van der Waals surface area contributed by atoms with Gasteiger partial charge in [0.1, 0.15) is 0 Å². The monoisotopic (exact) mass is 168 g/mol. The average molecular weight is 168 g/mol. The van der Waals surface area contributed by atoms with E-state index >= 15 is 0 Å². The Balaban J connectivity index is 2.29. The fourth-order valence-electron chi connectivity index (χ4n) is 1.62. The summed E-state index contributed by atoms with van der Waals surface area (Å²) in [7, 11) is 0. The lowest BCUT2D eigenvalue weighted by Gasteiger charge is -2.32. The molecule has 1 heterocycles. The second-order valence-corrected chi connectivity index (χ2v) is 3.42. The summed E-state index contributed by atoms with van der Waals surface area (Å²) >= 11 is 0. The van der Waals surface area contributed by atoms with E-state index in [0.29, 0.717) is 0 Å². The highest BCUT2D eigenvalue weighted by atomic mass is 15.3. The van der Waals surface area contributed by atoms with Crippen molar-refractivity contribution in [1.82, 2.24) is 9.80 Å². The SMILES string of the molecule is CCCN1C=CCN(CCC)C1. The zero-order chi connectivity index (χ0) is 8.81. The maximum absolute atomic E-state index is 2.48.